The average molecular weight is 304 g/mol. The van der Waals surface area contributed by atoms with E-state index in [4.69, 9.17) is 9.84 Å². The molecule has 1 unspecified atom stereocenters. The summed E-state index contributed by atoms with van der Waals surface area (Å²) in [4.78, 5) is 14.2. The summed E-state index contributed by atoms with van der Waals surface area (Å²) in [5.41, 5.74) is 0. The molecule has 1 aromatic rings. The van der Waals surface area contributed by atoms with Crippen LogP contribution < -0.4 is 0 Å². The predicted octanol–water partition coefficient (Wildman–Crippen LogP) is 0.0849. The van der Waals surface area contributed by atoms with E-state index in [1.165, 1.54) is 12.3 Å². The molecule has 0 aromatic carbocycles. The maximum absolute atomic E-state index is 13.6. The number of hydrogen-bond acceptors (Lipinski definition) is 5. The largest absolute Gasteiger partial charge is 0.481 e. The van der Waals surface area contributed by atoms with Gasteiger partial charge in [-0.05, 0) is 12.1 Å². The molecule has 20 heavy (non-hydrogen) atoms. The third kappa shape index (κ3) is 3.11. The summed E-state index contributed by atoms with van der Waals surface area (Å²) in [5.74, 6) is -2.02. The van der Waals surface area contributed by atoms with Crippen LogP contribution in [0, 0.1) is 5.82 Å². The number of aromatic nitrogens is 1. The number of carbonyl (C=O) groups is 1. The van der Waals surface area contributed by atoms with Gasteiger partial charge < -0.3 is 9.84 Å². The van der Waals surface area contributed by atoms with Gasteiger partial charge in [-0.3, -0.25) is 4.79 Å². The van der Waals surface area contributed by atoms with Crippen molar-refractivity contribution in [3.63, 3.8) is 0 Å². The topological polar surface area (TPSA) is 96.8 Å². The van der Waals surface area contributed by atoms with E-state index in [2.05, 4.69) is 4.98 Å². The highest BCUT2D eigenvalue weighted by molar-refractivity contribution is 7.89. The normalized spacial score (nSPS) is 20.8. The molecule has 0 spiro atoms. The molecule has 0 amide bonds. The van der Waals surface area contributed by atoms with Crippen LogP contribution in [0.5, 0.6) is 0 Å². The van der Waals surface area contributed by atoms with E-state index in [1.807, 2.05) is 0 Å². The number of carboxylic acids is 1. The number of nitrogens with zero attached hydrogens (tertiary/aromatic N) is 2. The van der Waals surface area contributed by atoms with E-state index in [1.54, 1.807) is 0 Å². The molecular formula is C11H13FN2O5S. The Labute approximate surface area is 115 Å². The molecule has 7 nitrogen and oxygen atoms in total. The Hall–Kier alpha value is -1.58. The molecule has 1 fully saturated rings. The fourth-order valence-electron chi connectivity index (χ4n) is 1.91. The SMILES string of the molecule is O=C(O)CC1CN(S(=O)(=O)c2ncccc2F)CCO1. The lowest BCUT2D eigenvalue weighted by Crippen LogP contribution is -2.46. The number of halogens is 1. The standard InChI is InChI=1S/C11H13FN2O5S/c12-9-2-1-3-13-11(9)20(17,18)14-4-5-19-8(7-14)6-10(15)16/h1-3,8H,4-7H2,(H,15,16). The van der Waals surface area contributed by atoms with Crippen LogP contribution in [0.1, 0.15) is 6.42 Å². The Kier molecular flexibility index (Phi) is 4.31. The quantitative estimate of drug-likeness (QED) is 0.846. The van der Waals surface area contributed by atoms with Crippen molar-refractivity contribution in [1.29, 1.82) is 0 Å². The second-order valence-electron chi connectivity index (χ2n) is 4.24. The van der Waals surface area contributed by atoms with Gasteiger partial charge in [-0.2, -0.15) is 4.31 Å². The first-order valence-electron chi connectivity index (χ1n) is 5.85. The third-order valence-corrected chi connectivity index (χ3v) is 4.61. The molecule has 1 N–H and O–H groups in total. The first-order valence-corrected chi connectivity index (χ1v) is 7.29. The molecule has 0 aliphatic carbocycles. The minimum Gasteiger partial charge on any atom is -0.481 e. The van der Waals surface area contributed by atoms with E-state index < -0.39 is 32.9 Å². The monoisotopic (exact) mass is 304 g/mol. The zero-order valence-electron chi connectivity index (χ0n) is 10.4. The summed E-state index contributed by atoms with van der Waals surface area (Å²) in [6, 6.07) is 2.30. The Morgan fingerprint density at radius 2 is 2.35 bits per heavy atom. The summed E-state index contributed by atoms with van der Waals surface area (Å²) < 4.78 is 44.2. The lowest BCUT2D eigenvalue weighted by molar-refractivity contribution is -0.141. The molecule has 1 aliphatic rings. The number of pyridine rings is 1. The van der Waals surface area contributed by atoms with Crippen LogP contribution in [0.4, 0.5) is 4.39 Å². The maximum Gasteiger partial charge on any atom is 0.306 e. The van der Waals surface area contributed by atoms with Gasteiger partial charge in [0.15, 0.2) is 5.82 Å². The van der Waals surface area contributed by atoms with Crippen LogP contribution in [-0.2, 0) is 19.6 Å². The van der Waals surface area contributed by atoms with Crippen LogP contribution in [0.2, 0.25) is 0 Å². The second-order valence-corrected chi connectivity index (χ2v) is 6.10. The Bertz CT molecular complexity index is 607. The number of ether oxygens (including phenoxy) is 1. The van der Waals surface area contributed by atoms with Gasteiger partial charge >= 0.3 is 5.97 Å². The molecule has 1 aliphatic heterocycles. The Morgan fingerprint density at radius 1 is 1.60 bits per heavy atom. The zero-order chi connectivity index (χ0) is 14.8. The fraction of sp³-hybridized carbons (Fsp3) is 0.455. The van der Waals surface area contributed by atoms with Crippen molar-refractivity contribution in [1.82, 2.24) is 9.29 Å². The van der Waals surface area contributed by atoms with Crippen LogP contribution in [0.3, 0.4) is 0 Å². The molecule has 0 saturated carbocycles. The van der Waals surface area contributed by atoms with Gasteiger partial charge in [0.25, 0.3) is 10.0 Å². The summed E-state index contributed by atoms with van der Waals surface area (Å²) in [7, 11) is -4.09. The van der Waals surface area contributed by atoms with Gasteiger partial charge in [-0.15, -0.1) is 0 Å². The van der Waals surface area contributed by atoms with Crippen molar-refractivity contribution in [3.05, 3.63) is 24.1 Å². The zero-order valence-corrected chi connectivity index (χ0v) is 11.2. The number of aliphatic carboxylic acids is 1. The number of hydrogen-bond donors (Lipinski definition) is 1. The smallest absolute Gasteiger partial charge is 0.306 e. The van der Waals surface area contributed by atoms with Gasteiger partial charge in [0.05, 0.1) is 19.1 Å². The molecule has 2 rings (SSSR count). The third-order valence-electron chi connectivity index (χ3n) is 2.81. The summed E-state index contributed by atoms with van der Waals surface area (Å²) in [5, 5.41) is 8.04. The molecule has 0 bridgehead atoms. The van der Waals surface area contributed by atoms with Crippen LogP contribution >= 0.6 is 0 Å². The van der Waals surface area contributed by atoms with Crippen molar-refractivity contribution in [3.8, 4) is 0 Å². The van der Waals surface area contributed by atoms with Crippen LogP contribution in [-0.4, -0.2) is 54.6 Å². The lowest BCUT2D eigenvalue weighted by atomic mass is 10.2. The first-order chi connectivity index (χ1) is 9.41. The number of carboxylic acid groups (broad SMARTS) is 1. The van der Waals surface area contributed by atoms with E-state index >= 15 is 0 Å². The molecule has 0 radical (unpaired) electrons. The predicted molar refractivity (Wildman–Crippen MR) is 64.9 cm³/mol. The van der Waals surface area contributed by atoms with E-state index in [9.17, 15) is 17.6 Å². The van der Waals surface area contributed by atoms with Crippen molar-refractivity contribution >= 4 is 16.0 Å². The number of sulfonamides is 1. The van der Waals surface area contributed by atoms with Crippen LogP contribution in [0.15, 0.2) is 23.4 Å². The number of morpholine rings is 1. The molecule has 110 valence electrons. The van der Waals surface area contributed by atoms with Gasteiger partial charge in [-0.1, -0.05) is 0 Å². The minimum absolute atomic E-state index is 0.0362. The highest BCUT2D eigenvalue weighted by Gasteiger charge is 2.34. The Morgan fingerprint density at radius 3 is 3.00 bits per heavy atom. The first kappa shape index (κ1) is 14.8. The van der Waals surface area contributed by atoms with Gasteiger partial charge in [0.1, 0.15) is 0 Å². The van der Waals surface area contributed by atoms with Crippen molar-refractivity contribution < 1.29 is 27.4 Å². The van der Waals surface area contributed by atoms with Crippen molar-refractivity contribution in [2.45, 2.75) is 17.6 Å². The molecule has 1 atom stereocenters. The molecule has 2 heterocycles. The maximum atomic E-state index is 13.6. The minimum atomic E-state index is -4.09. The highest BCUT2D eigenvalue weighted by atomic mass is 32.2. The van der Waals surface area contributed by atoms with Gasteiger partial charge in [0, 0.05) is 19.3 Å². The molecule has 1 saturated heterocycles. The van der Waals surface area contributed by atoms with E-state index in [0.29, 0.717) is 0 Å². The van der Waals surface area contributed by atoms with E-state index in [-0.39, 0.29) is 26.1 Å². The molecule has 9 heteroatoms. The van der Waals surface area contributed by atoms with Gasteiger partial charge in [0.2, 0.25) is 5.03 Å². The van der Waals surface area contributed by atoms with E-state index in [0.717, 1.165) is 10.4 Å². The Balaban J connectivity index is 2.22. The average Bonchev–Trinajstić information content (AvgIpc) is 2.38. The van der Waals surface area contributed by atoms with Gasteiger partial charge in [-0.25, -0.2) is 17.8 Å². The molecular weight excluding hydrogens is 291 g/mol. The fourth-order valence-corrected chi connectivity index (χ4v) is 3.34. The summed E-state index contributed by atoms with van der Waals surface area (Å²) in [6.45, 7) is -0.0370. The van der Waals surface area contributed by atoms with Crippen molar-refractivity contribution in [2.75, 3.05) is 19.7 Å². The summed E-state index contributed by atoms with van der Waals surface area (Å²) in [6.07, 6.45) is 0.129. The van der Waals surface area contributed by atoms with Crippen LogP contribution in [0.25, 0.3) is 0 Å². The lowest BCUT2D eigenvalue weighted by Gasteiger charge is -2.31. The molecule has 1 aromatic heterocycles. The number of rotatable bonds is 4. The summed E-state index contributed by atoms with van der Waals surface area (Å²) >= 11 is 0. The van der Waals surface area contributed by atoms with Crippen molar-refractivity contribution in [2.24, 2.45) is 0 Å². The second kappa shape index (κ2) is 5.81. The highest BCUT2D eigenvalue weighted by Crippen LogP contribution is 2.20.